The zero-order valence-corrected chi connectivity index (χ0v) is 11.3. The second-order valence-corrected chi connectivity index (χ2v) is 4.78. The first kappa shape index (κ1) is 13.5. The van der Waals surface area contributed by atoms with E-state index in [0.717, 1.165) is 11.1 Å². The van der Waals surface area contributed by atoms with E-state index in [1.165, 1.54) is 5.56 Å². The third-order valence-corrected chi connectivity index (χ3v) is 3.13. The summed E-state index contributed by atoms with van der Waals surface area (Å²) in [6, 6.07) is 17.6. The third-order valence-electron chi connectivity index (χ3n) is 3.13. The highest BCUT2D eigenvalue weighted by Gasteiger charge is 2.13. The summed E-state index contributed by atoms with van der Waals surface area (Å²) in [5.41, 5.74) is 3.18. The van der Waals surface area contributed by atoms with Gasteiger partial charge in [0.05, 0.1) is 6.04 Å². The first-order valence-electron chi connectivity index (χ1n) is 6.49. The van der Waals surface area contributed by atoms with Gasteiger partial charge in [-0.25, -0.2) is 0 Å². The van der Waals surface area contributed by atoms with Crippen LogP contribution in [0.15, 0.2) is 59.6 Å². The molecule has 98 valence electrons. The molecule has 1 N–H and O–H groups in total. The summed E-state index contributed by atoms with van der Waals surface area (Å²) < 4.78 is 0. The van der Waals surface area contributed by atoms with Crippen molar-refractivity contribution in [3.05, 3.63) is 71.3 Å². The van der Waals surface area contributed by atoms with Crippen molar-refractivity contribution in [2.75, 3.05) is 0 Å². The molecule has 0 aliphatic carbocycles. The molecule has 0 bridgehead atoms. The molecule has 0 heterocycles. The van der Waals surface area contributed by atoms with Crippen LogP contribution < -0.4 is 0 Å². The number of aliphatic hydroxyl groups excluding tert-OH is 1. The summed E-state index contributed by atoms with van der Waals surface area (Å²) in [6.07, 6.45) is 1.25. The van der Waals surface area contributed by atoms with Crippen molar-refractivity contribution in [3.63, 3.8) is 0 Å². The van der Waals surface area contributed by atoms with Crippen molar-refractivity contribution in [1.29, 1.82) is 0 Å². The van der Waals surface area contributed by atoms with Crippen molar-refractivity contribution < 1.29 is 5.11 Å². The lowest BCUT2D eigenvalue weighted by atomic mass is 10.0. The first-order valence-corrected chi connectivity index (χ1v) is 6.49. The standard InChI is InChI=1S/C17H19NO/c1-13-8-10-15(11-9-13)12-18-14(2)17(19)16-6-4-3-5-7-16/h3-12,14,17,19H,1-2H3/t14-,17+/m1/s1. The second-order valence-electron chi connectivity index (χ2n) is 4.78. The fourth-order valence-corrected chi connectivity index (χ4v) is 1.87. The smallest absolute Gasteiger partial charge is 0.101 e. The van der Waals surface area contributed by atoms with Gasteiger partial charge in [-0.1, -0.05) is 60.2 Å². The Morgan fingerprint density at radius 2 is 1.63 bits per heavy atom. The van der Waals surface area contributed by atoms with E-state index >= 15 is 0 Å². The predicted molar refractivity (Wildman–Crippen MR) is 79.6 cm³/mol. The van der Waals surface area contributed by atoms with Gasteiger partial charge in [0.25, 0.3) is 0 Å². The van der Waals surface area contributed by atoms with Gasteiger partial charge in [0.2, 0.25) is 0 Å². The Labute approximate surface area is 114 Å². The number of aliphatic imine (C=N–C) groups is 1. The minimum atomic E-state index is -0.567. The molecule has 2 nitrogen and oxygen atoms in total. The lowest BCUT2D eigenvalue weighted by Gasteiger charge is -2.15. The van der Waals surface area contributed by atoms with Crippen LogP contribution >= 0.6 is 0 Å². The molecule has 2 heteroatoms. The van der Waals surface area contributed by atoms with Crippen LogP contribution in [0.1, 0.15) is 29.7 Å². The molecule has 2 aromatic carbocycles. The fourth-order valence-electron chi connectivity index (χ4n) is 1.87. The highest BCUT2D eigenvalue weighted by Crippen LogP contribution is 2.18. The van der Waals surface area contributed by atoms with Crippen LogP contribution in [0, 0.1) is 6.92 Å². The Morgan fingerprint density at radius 1 is 1.00 bits per heavy atom. The zero-order valence-electron chi connectivity index (χ0n) is 11.3. The molecule has 0 saturated carbocycles. The highest BCUT2D eigenvalue weighted by atomic mass is 16.3. The molecular formula is C17H19NO. The van der Waals surface area contributed by atoms with E-state index in [1.54, 1.807) is 0 Å². The van der Waals surface area contributed by atoms with Crippen LogP contribution in [-0.2, 0) is 0 Å². The second kappa shape index (κ2) is 6.30. The Bertz CT molecular complexity index is 531. The normalized spacial score (nSPS) is 14.5. The number of aryl methyl sites for hydroxylation is 1. The summed E-state index contributed by atoms with van der Waals surface area (Å²) in [6.45, 7) is 3.98. The van der Waals surface area contributed by atoms with E-state index in [0.29, 0.717) is 0 Å². The molecule has 0 amide bonds. The van der Waals surface area contributed by atoms with Gasteiger partial charge in [0.15, 0.2) is 0 Å². The topological polar surface area (TPSA) is 32.6 Å². The van der Waals surface area contributed by atoms with Gasteiger partial charge < -0.3 is 5.11 Å². The molecule has 0 fully saturated rings. The summed E-state index contributed by atoms with van der Waals surface area (Å²) >= 11 is 0. The van der Waals surface area contributed by atoms with Crippen LogP contribution in [0.5, 0.6) is 0 Å². The van der Waals surface area contributed by atoms with E-state index < -0.39 is 6.10 Å². The Hall–Kier alpha value is -1.93. The quantitative estimate of drug-likeness (QED) is 0.831. The molecule has 0 radical (unpaired) electrons. The number of hydrogen-bond donors (Lipinski definition) is 1. The van der Waals surface area contributed by atoms with Gasteiger partial charge in [-0.2, -0.15) is 0 Å². The average Bonchev–Trinajstić information content (AvgIpc) is 2.46. The molecule has 0 unspecified atom stereocenters. The molecule has 2 aromatic rings. The van der Waals surface area contributed by atoms with Gasteiger partial charge in [0.1, 0.15) is 6.10 Å². The summed E-state index contributed by atoms with van der Waals surface area (Å²) in [5, 5.41) is 10.2. The van der Waals surface area contributed by atoms with Crippen molar-refractivity contribution in [2.24, 2.45) is 4.99 Å². The van der Waals surface area contributed by atoms with Gasteiger partial charge in [-0.3, -0.25) is 4.99 Å². The minimum absolute atomic E-state index is 0.163. The molecule has 0 aromatic heterocycles. The molecular weight excluding hydrogens is 234 g/mol. The Kier molecular flexibility index (Phi) is 4.48. The van der Waals surface area contributed by atoms with Gasteiger partial charge in [-0.15, -0.1) is 0 Å². The lowest BCUT2D eigenvalue weighted by molar-refractivity contribution is 0.154. The molecule has 2 rings (SSSR count). The Balaban J connectivity index is 2.04. The zero-order chi connectivity index (χ0) is 13.7. The van der Waals surface area contributed by atoms with Crippen LogP contribution in [0.4, 0.5) is 0 Å². The Morgan fingerprint density at radius 3 is 2.26 bits per heavy atom. The van der Waals surface area contributed by atoms with Crippen molar-refractivity contribution in [1.82, 2.24) is 0 Å². The van der Waals surface area contributed by atoms with Crippen molar-refractivity contribution >= 4 is 6.21 Å². The SMILES string of the molecule is Cc1ccc(C=N[C@H](C)[C@H](O)c2ccccc2)cc1. The predicted octanol–water partition coefficient (Wildman–Crippen LogP) is 3.54. The summed E-state index contributed by atoms with van der Waals surface area (Å²) in [4.78, 5) is 4.43. The number of hydrogen-bond acceptors (Lipinski definition) is 2. The van der Waals surface area contributed by atoms with E-state index in [9.17, 15) is 5.11 Å². The maximum absolute atomic E-state index is 10.2. The summed E-state index contributed by atoms with van der Waals surface area (Å²) in [7, 11) is 0. The van der Waals surface area contributed by atoms with E-state index in [-0.39, 0.29) is 6.04 Å². The monoisotopic (exact) mass is 253 g/mol. The first-order chi connectivity index (χ1) is 9.16. The third kappa shape index (κ3) is 3.76. The maximum atomic E-state index is 10.2. The molecule has 0 aliphatic rings. The fraction of sp³-hybridized carbons (Fsp3) is 0.235. The number of nitrogens with zero attached hydrogens (tertiary/aromatic N) is 1. The van der Waals surface area contributed by atoms with Crippen LogP contribution in [-0.4, -0.2) is 17.4 Å². The number of rotatable bonds is 4. The minimum Gasteiger partial charge on any atom is -0.386 e. The van der Waals surface area contributed by atoms with Crippen LogP contribution in [0.2, 0.25) is 0 Å². The molecule has 0 aliphatic heterocycles. The lowest BCUT2D eigenvalue weighted by Crippen LogP contribution is -2.12. The largest absolute Gasteiger partial charge is 0.386 e. The molecule has 2 atom stereocenters. The maximum Gasteiger partial charge on any atom is 0.101 e. The van der Waals surface area contributed by atoms with Gasteiger partial charge in [-0.05, 0) is 25.0 Å². The summed E-state index contributed by atoms with van der Waals surface area (Å²) in [5.74, 6) is 0. The molecule has 19 heavy (non-hydrogen) atoms. The van der Waals surface area contributed by atoms with E-state index in [2.05, 4.69) is 24.0 Å². The number of aliphatic hydroxyl groups is 1. The van der Waals surface area contributed by atoms with Crippen molar-refractivity contribution in [2.45, 2.75) is 26.0 Å². The van der Waals surface area contributed by atoms with E-state index in [1.807, 2.05) is 55.6 Å². The number of benzene rings is 2. The van der Waals surface area contributed by atoms with Gasteiger partial charge >= 0.3 is 0 Å². The molecule has 0 spiro atoms. The average molecular weight is 253 g/mol. The van der Waals surface area contributed by atoms with E-state index in [4.69, 9.17) is 0 Å². The van der Waals surface area contributed by atoms with Gasteiger partial charge in [0, 0.05) is 6.21 Å². The van der Waals surface area contributed by atoms with Crippen LogP contribution in [0.3, 0.4) is 0 Å². The molecule has 0 saturated heterocycles. The highest BCUT2D eigenvalue weighted by molar-refractivity contribution is 5.79. The van der Waals surface area contributed by atoms with Crippen molar-refractivity contribution in [3.8, 4) is 0 Å². The van der Waals surface area contributed by atoms with Crippen LogP contribution in [0.25, 0.3) is 0 Å².